The summed E-state index contributed by atoms with van der Waals surface area (Å²) in [5.74, 6) is 2.59. The Hall–Kier alpha value is -1.12. The van der Waals surface area contributed by atoms with Crippen molar-refractivity contribution < 1.29 is 0 Å². The maximum absolute atomic E-state index is 4.12. The van der Waals surface area contributed by atoms with Crippen LogP contribution in [0.4, 0.5) is 5.82 Å². The van der Waals surface area contributed by atoms with Crippen molar-refractivity contribution in [2.45, 2.75) is 46.1 Å². The summed E-state index contributed by atoms with van der Waals surface area (Å²) in [6, 6.07) is 2.64. The van der Waals surface area contributed by atoms with Crippen LogP contribution in [0.25, 0.3) is 0 Å². The Kier molecular flexibility index (Phi) is 3.42. The van der Waals surface area contributed by atoms with Gasteiger partial charge in [0.25, 0.3) is 0 Å². The molecule has 0 amide bonds. The van der Waals surface area contributed by atoms with E-state index in [9.17, 15) is 0 Å². The molecule has 0 radical (unpaired) electrons. The summed E-state index contributed by atoms with van der Waals surface area (Å²) in [5, 5.41) is 11.6. The Morgan fingerprint density at radius 1 is 1.25 bits per heavy atom. The van der Waals surface area contributed by atoms with Gasteiger partial charge in [-0.2, -0.15) is 5.10 Å². The lowest BCUT2D eigenvalue weighted by molar-refractivity contribution is 0.260. The van der Waals surface area contributed by atoms with Gasteiger partial charge in [0.15, 0.2) is 0 Å². The van der Waals surface area contributed by atoms with E-state index in [1.807, 2.05) is 6.92 Å². The fourth-order valence-corrected chi connectivity index (χ4v) is 2.42. The number of nitrogens with one attached hydrogen (secondary N) is 1. The summed E-state index contributed by atoms with van der Waals surface area (Å²) in [6.07, 6.45) is 5.60. The average Bonchev–Trinajstić information content (AvgIpc) is 2.24. The Morgan fingerprint density at radius 3 is 2.75 bits per heavy atom. The zero-order chi connectivity index (χ0) is 11.5. The van der Waals surface area contributed by atoms with E-state index in [-0.39, 0.29) is 0 Å². The molecule has 16 heavy (non-hydrogen) atoms. The van der Waals surface area contributed by atoms with E-state index in [0.717, 1.165) is 23.2 Å². The van der Waals surface area contributed by atoms with E-state index in [1.54, 1.807) is 6.20 Å². The van der Waals surface area contributed by atoms with Gasteiger partial charge in [-0.3, -0.25) is 0 Å². The molecule has 0 bridgehead atoms. The van der Waals surface area contributed by atoms with Crippen LogP contribution >= 0.6 is 0 Å². The molecule has 1 saturated carbocycles. The van der Waals surface area contributed by atoms with Gasteiger partial charge in [0.1, 0.15) is 5.82 Å². The van der Waals surface area contributed by atoms with Crippen LogP contribution in [0, 0.1) is 18.8 Å². The number of hydrogen-bond acceptors (Lipinski definition) is 3. The minimum absolute atomic E-state index is 0.572. The highest BCUT2D eigenvalue weighted by Crippen LogP contribution is 2.30. The fourth-order valence-electron chi connectivity index (χ4n) is 2.42. The number of anilines is 1. The van der Waals surface area contributed by atoms with Crippen molar-refractivity contribution in [3.8, 4) is 0 Å². The fraction of sp³-hybridized carbons (Fsp3) is 0.692. The molecule has 1 fully saturated rings. The van der Waals surface area contributed by atoms with Crippen molar-refractivity contribution in [2.24, 2.45) is 11.8 Å². The van der Waals surface area contributed by atoms with E-state index in [0.29, 0.717) is 6.04 Å². The minimum atomic E-state index is 0.572. The van der Waals surface area contributed by atoms with E-state index in [1.165, 1.54) is 19.3 Å². The van der Waals surface area contributed by atoms with Crippen molar-refractivity contribution in [3.05, 3.63) is 17.8 Å². The highest BCUT2D eigenvalue weighted by molar-refractivity contribution is 5.36. The van der Waals surface area contributed by atoms with Gasteiger partial charge < -0.3 is 5.32 Å². The second kappa shape index (κ2) is 4.81. The topological polar surface area (TPSA) is 37.8 Å². The van der Waals surface area contributed by atoms with Gasteiger partial charge in [-0.05, 0) is 49.7 Å². The lowest BCUT2D eigenvalue weighted by Gasteiger charge is -2.32. The van der Waals surface area contributed by atoms with Crippen molar-refractivity contribution in [1.82, 2.24) is 10.2 Å². The zero-order valence-corrected chi connectivity index (χ0v) is 10.4. The van der Waals surface area contributed by atoms with Crippen LogP contribution in [-0.4, -0.2) is 16.2 Å². The van der Waals surface area contributed by atoms with Crippen LogP contribution in [0.2, 0.25) is 0 Å². The molecule has 3 atom stereocenters. The summed E-state index contributed by atoms with van der Waals surface area (Å²) in [7, 11) is 0. The number of hydrogen-bond donors (Lipinski definition) is 1. The zero-order valence-electron chi connectivity index (χ0n) is 10.4. The molecule has 1 N–H and O–H groups in total. The van der Waals surface area contributed by atoms with Crippen molar-refractivity contribution >= 4 is 5.82 Å². The van der Waals surface area contributed by atoms with Gasteiger partial charge >= 0.3 is 0 Å². The first-order valence-electron chi connectivity index (χ1n) is 6.21. The number of rotatable bonds is 2. The third-order valence-corrected chi connectivity index (χ3v) is 3.74. The van der Waals surface area contributed by atoms with Crippen molar-refractivity contribution in [1.29, 1.82) is 0 Å². The van der Waals surface area contributed by atoms with Gasteiger partial charge in [-0.1, -0.05) is 13.8 Å². The van der Waals surface area contributed by atoms with Crippen LogP contribution in [-0.2, 0) is 0 Å². The average molecular weight is 219 g/mol. The van der Waals surface area contributed by atoms with E-state index in [2.05, 4.69) is 35.4 Å². The molecule has 88 valence electrons. The minimum Gasteiger partial charge on any atom is -0.366 e. The quantitative estimate of drug-likeness (QED) is 0.830. The molecule has 3 nitrogen and oxygen atoms in total. The predicted octanol–water partition coefficient (Wildman–Crippen LogP) is 3.02. The molecule has 1 heterocycles. The normalized spacial score (nSPS) is 30.1. The Balaban J connectivity index is 1.95. The maximum atomic E-state index is 4.12. The number of aromatic nitrogens is 2. The molecule has 3 unspecified atom stereocenters. The molecular weight excluding hydrogens is 198 g/mol. The summed E-state index contributed by atoms with van der Waals surface area (Å²) < 4.78 is 0. The first kappa shape index (κ1) is 11.4. The second-order valence-corrected chi connectivity index (χ2v) is 5.23. The molecule has 0 aliphatic heterocycles. The maximum Gasteiger partial charge on any atom is 0.149 e. The van der Waals surface area contributed by atoms with E-state index >= 15 is 0 Å². The monoisotopic (exact) mass is 219 g/mol. The molecule has 1 aliphatic carbocycles. The van der Waals surface area contributed by atoms with E-state index < -0.39 is 0 Å². The van der Waals surface area contributed by atoms with Gasteiger partial charge in [0.05, 0.1) is 6.20 Å². The van der Waals surface area contributed by atoms with Crippen molar-refractivity contribution in [2.75, 3.05) is 5.32 Å². The number of nitrogens with zero attached hydrogens (tertiary/aromatic N) is 2. The summed E-state index contributed by atoms with van der Waals surface area (Å²) >= 11 is 0. The first-order chi connectivity index (χ1) is 7.65. The first-order valence-corrected chi connectivity index (χ1v) is 6.21. The molecule has 1 aliphatic rings. The SMILES string of the molecule is Cc1cnnc(NC2CCC(C)C(C)C2)c1. The Morgan fingerprint density at radius 2 is 2.06 bits per heavy atom. The predicted molar refractivity (Wildman–Crippen MR) is 66.4 cm³/mol. The van der Waals surface area contributed by atoms with Crippen LogP contribution < -0.4 is 5.32 Å². The van der Waals surface area contributed by atoms with Crippen LogP contribution in [0.1, 0.15) is 38.7 Å². The summed E-state index contributed by atoms with van der Waals surface area (Å²) in [6.45, 7) is 6.75. The van der Waals surface area contributed by atoms with Gasteiger partial charge in [-0.25, -0.2) is 0 Å². The highest BCUT2D eigenvalue weighted by Gasteiger charge is 2.24. The smallest absolute Gasteiger partial charge is 0.149 e. The summed E-state index contributed by atoms with van der Waals surface area (Å²) in [4.78, 5) is 0. The molecule has 0 spiro atoms. The summed E-state index contributed by atoms with van der Waals surface area (Å²) in [5.41, 5.74) is 1.16. The van der Waals surface area contributed by atoms with Crippen LogP contribution in [0.15, 0.2) is 12.3 Å². The second-order valence-electron chi connectivity index (χ2n) is 5.23. The Labute approximate surface area is 97.7 Å². The highest BCUT2D eigenvalue weighted by atomic mass is 15.2. The third-order valence-electron chi connectivity index (χ3n) is 3.74. The number of aryl methyl sites for hydroxylation is 1. The largest absolute Gasteiger partial charge is 0.366 e. The van der Waals surface area contributed by atoms with Crippen molar-refractivity contribution in [3.63, 3.8) is 0 Å². The van der Waals surface area contributed by atoms with Gasteiger partial charge in [-0.15, -0.1) is 5.10 Å². The molecule has 3 heteroatoms. The standard InChI is InChI=1S/C13H21N3/c1-9-6-13(16-14-8-9)15-12-5-4-10(2)11(3)7-12/h6,8,10-12H,4-5,7H2,1-3H3,(H,15,16). The molecule has 0 aromatic carbocycles. The molecule has 0 saturated heterocycles. The van der Waals surface area contributed by atoms with E-state index in [4.69, 9.17) is 0 Å². The van der Waals surface area contributed by atoms with Crippen LogP contribution in [0.3, 0.4) is 0 Å². The molecule has 1 aromatic rings. The Bertz CT molecular complexity index is 351. The third kappa shape index (κ3) is 2.71. The molecule has 1 aromatic heterocycles. The lowest BCUT2D eigenvalue weighted by Crippen LogP contribution is -2.30. The molecule has 2 rings (SSSR count). The van der Waals surface area contributed by atoms with Gasteiger partial charge in [0.2, 0.25) is 0 Å². The molecular formula is C13H21N3. The van der Waals surface area contributed by atoms with Gasteiger partial charge in [0, 0.05) is 6.04 Å². The lowest BCUT2D eigenvalue weighted by atomic mass is 9.79. The van der Waals surface area contributed by atoms with Crippen LogP contribution in [0.5, 0.6) is 0 Å².